The molecule has 1 radical (unpaired) electrons. The zero-order valence-corrected chi connectivity index (χ0v) is 5.63. The van der Waals surface area contributed by atoms with Crippen LogP contribution in [0.15, 0.2) is 24.0 Å². The highest BCUT2D eigenvalue weighted by Crippen LogP contribution is 2.10. The van der Waals surface area contributed by atoms with Gasteiger partial charge in [-0.15, -0.1) is 0 Å². The van der Waals surface area contributed by atoms with Gasteiger partial charge in [0.2, 0.25) is 0 Å². The Hall–Kier alpha value is -0.720. The Morgan fingerprint density at radius 3 is 3.11 bits per heavy atom. The zero-order valence-electron chi connectivity index (χ0n) is 5.63. The summed E-state index contributed by atoms with van der Waals surface area (Å²) in [5.41, 5.74) is 0. The van der Waals surface area contributed by atoms with E-state index in [0.717, 1.165) is 18.8 Å². The third-order valence-corrected chi connectivity index (χ3v) is 1.16. The average molecular weight is 123 g/mol. The van der Waals surface area contributed by atoms with Crippen LogP contribution in [0, 0.1) is 6.42 Å². The van der Waals surface area contributed by atoms with E-state index in [1.165, 1.54) is 0 Å². The number of allylic oxidation sites excluding steroid dienone is 4. The zero-order chi connectivity index (χ0) is 6.53. The highest BCUT2D eigenvalue weighted by atomic mass is 16.5. The van der Waals surface area contributed by atoms with Crippen LogP contribution in [0.3, 0.4) is 0 Å². The second-order valence-electron chi connectivity index (χ2n) is 1.87. The maximum absolute atomic E-state index is 5.24. The Morgan fingerprint density at radius 2 is 2.56 bits per heavy atom. The molecule has 9 heavy (non-hydrogen) atoms. The van der Waals surface area contributed by atoms with Crippen LogP contribution in [0.25, 0.3) is 0 Å². The molecule has 0 unspecified atom stereocenters. The van der Waals surface area contributed by atoms with Crippen molar-refractivity contribution in [3.8, 4) is 0 Å². The van der Waals surface area contributed by atoms with Gasteiger partial charge in [0.1, 0.15) is 5.76 Å². The molecule has 0 aliphatic heterocycles. The molecule has 0 spiro atoms. The monoisotopic (exact) mass is 123 g/mol. The van der Waals surface area contributed by atoms with Gasteiger partial charge in [0.25, 0.3) is 0 Å². The molecule has 49 valence electrons. The lowest BCUT2D eigenvalue weighted by Crippen LogP contribution is -1.93. The molecule has 0 saturated heterocycles. The summed E-state index contributed by atoms with van der Waals surface area (Å²) in [4.78, 5) is 0. The van der Waals surface area contributed by atoms with Crippen molar-refractivity contribution in [2.75, 3.05) is 6.61 Å². The molecular weight excluding hydrogens is 112 g/mol. The van der Waals surface area contributed by atoms with Crippen LogP contribution in [0.4, 0.5) is 0 Å². The normalized spacial score (nSPS) is 17.2. The molecule has 0 atom stereocenters. The Morgan fingerprint density at radius 1 is 1.67 bits per heavy atom. The van der Waals surface area contributed by atoms with Crippen molar-refractivity contribution in [2.45, 2.75) is 13.3 Å². The maximum atomic E-state index is 5.24. The van der Waals surface area contributed by atoms with Gasteiger partial charge in [-0.1, -0.05) is 12.2 Å². The minimum absolute atomic E-state index is 0.760. The van der Waals surface area contributed by atoms with Gasteiger partial charge >= 0.3 is 0 Å². The van der Waals surface area contributed by atoms with Crippen molar-refractivity contribution in [2.24, 2.45) is 0 Å². The van der Waals surface area contributed by atoms with Crippen molar-refractivity contribution in [3.63, 3.8) is 0 Å². The van der Waals surface area contributed by atoms with Gasteiger partial charge in [0.05, 0.1) is 6.61 Å². The highest BCUT2D eigenvalue weighted by Gasteiger charge is 1.97. The molecule has 0 saturated carbocycles. The Bertz CT molecular complexity index is 134. The lowest BCUT2D eigenvalue weighted by Gasteiger charge is -2.07. The van der Waals surface area contributed by atoms with Crippen LogP contribution in [0.2, 0.25) is 0 Å². The van der Waals surface area contributed by atoms with Crippen LogP contribution in [0.5, 0.6) is 0 Å². The van der Waals surface area contributed by atoms with Crippen molar-refractivity contribution < 1.29 is 4.74 Å². The minimum atomic E-state index is 0.760. The molecule has 0 amide bonds. The van der Waals surface area contributed by atoms with E-state index in [1.807, 2.05) is 19.1 Å². The van der Waals surface area contributed by atoms with Gasteiger partial charge < -0.3 is 4.74 Å². The molecule has 1 aliphatic carbocycles. The van der Waals surface area contributed by atoms with E-state index in [-0.39, 0.29) is 0 Å². The molecule has 0 N–H and O–H groups in total. The van der Waals surface area contributed by atoms with E-state index < -0.39 is 0 Å². The number of hydrogen-bond acceptors (Lipinski definition) is 1. The predicted molar refractivity (Wildman–Crippen MR) is 37.8 cm³/mol. The molecular formula is C8H11O. The third-order valence-electron chi connectivity index (χ3n) is 1.16. The molecule has 1 rings (SSSR count). The van der Waals surface area contributed by atoms with E-state index in [2.05, 4.69) is 12.5 Å². The van der Waals surface area contributed by atoms with E-state index in [0.29, 0.717) is 0 Å². The fourth-order valence-electron chi connectivity index (χ4n) is 0.767. The molecule has 1 heteroatoms. The summed E-state index contributed by atoms with van der Waals surface area (Å²) in [5.74, 6) is 1.00. The molecule has 0 heterocycles. The van der Waals surface area contributed by atoms with E-state index in [4.69, 9.17) is 4.74 Å². The summed E-state index contributed by atoms with van der Waals surface area (Å²) in [6.07, 6.45) is 9.18. The van der Waals surface area contributed by atoms with Crippen molar-refractivity contribution in [1.82, 2.24) is 0 Å². The fourth-order valence-corrected chi connectivity index (χ4v) is 0.767. The van der Waals surface area contributed by atoms with Gasteiger partial charge in [0.15, 0.2) is 0 Å². The van der Waals surface area contributed by atoms with E-state index in [9.17, 15) is 0 Å². The van der Waals surface area contributed by atoms with Crippen LogP contribution >= 0.6 is 0 Å². The summed E-state index contributed by atoms with van der Waals surface area (Å²) >= 11 is 0. The first kappa shape index (κ1) is 6.40. The number of hydrogen-bond donors (Lipinski definition) is 0. The van der Waals surface area contributed by atoms with Gasteiger partial charge in [-0.05, 0) is 19.4 Å². The van der Waals surface area contributed by atoms with Crippen LogP contribution < -0.4 is 0 Å². The van der Waals surface area contributed by atoms with Crippen molar-refractivity contribution >= 4 is 0 Å². The second-order valence-corrected chi connectivity index (χ2v) is 1.87. The van der Waals surface area contributed by atoms with E-state index in [1.54, 1.807) is 0 Å². The summed E-state index contributed by atoms with van der Waals surface area (Å²) in [5, 5.41) is 0. The summed E-state index contributed by atoms with van der Waals surface area (Å²) in [6, 6.07) is 0. The smallest absolute Gasteiger partial charge is 0.100 e. The van der Waals surface area contributed by atoms with Crippen LogP contribution in [-0.4, -0.2) is 6.61 Å². The van der Waals surface area contributed by atoms with E-state index >= 15 is 0 Å². The predicted octanol–water partition coefficient (Wildman–Crippen LogP) is 2.07. The topological polar surface area (TPSA) is 9.23 Å². The minimum Gasteiger partial charge on any atom is -0.498 e. The lowest BCUT2D eigenvalue weighted by atomic mass is 10.2. The Labute approximate surface area is 56.0 Å². The molecule has 0 fully saturated rings. The molecule has 0 bridgehead atoms. The standard InChI is InChI=1S/C8H11O/c1-2-9-8-6-4-3-5-7-8/h3-4,6-7H,2,5H2,1H3. The SMILES string of the molecule is CCOC1=CC=CC[CH]1. The summed E-state index contributed by atoms with van der Waals surface area (Å²) in [7, 11) is 0. The summed E-state index contributed by atoms with van der Waals surface area (Å²) < 4.78 is 5.24. The molecule has 1 aliphatic rings. The van der Waals surface area contributed by atoms with Gasteiger partial charge in [-0.2, -0.15) is 0 Å². The highest BCUT2D eigenvalue weighted by molar-refractivity contribution is 5.21. The average Bonchev–Trinajstić information content (AvgIpc) is 1.91. The molecule has 0 aromatic rings. The Kier molecular flexibility index (Phi) is 2.37. The number of ether oxygens (including phenoxy) is 1. The fraction of sp³-hybridized carbons (Fsp3) is 0.375. The van der Waals surface area contributed by atoms with Crippen LogP contribution in [-0.2, 0) is 4.74 Å². The first-order chi connectivity index (χ1) is 4.43. The third kappa shape index (κ3) is 1.92. The molecule has 0 aromatic heterocycles. The molecule has 0 aromatic carbocycles. The van der Waals surface area contributed by atoms with Gasteiger partial charge in [-0.25, -0.2) is 0 Å². The molecule has 1 nitrogen and oxygen atoms in total. The Balaban J connectivity index is 2.38. The second kappa shape index (κ2) is 3.33. The first-order valence-corrected chi connectivity index (χ1v) is 3.26. The largest absolute Gasteiger partial charge is 0.498 e. The number of rotatable bonds is 2. The van der Waals surface area contributed by atoms with Crippen molar-refractivity contribution in [3.05, 3.63) is 30.4 Å². The quantitative estimate of drug-likeness (QED) is 0.546. The maximum Gasteiger partial charge on any atom is 0.100 e. The summed E-state index contributed by atoms with van der Waals surface area (Å²) in [6.45, 7) is 2.75. The van der Waals surface area contributed by atoms with Gasteiger partial charge in [0, 0.05) is 6.42 Å². The first-order valence-electron chi connectivity index (χ1n) is 3.26. The lowest BCUT2D eigenvalue weighted by molar-refractivity contribution is 0.234. The van der Waals surface area contributed by atoms with Crippen molar-refractivity contribution in [1.29, 1.82) is 0 Å². The van der Waals surface area contributed by atoms with Crippen LogP contribution in [0.1, 0.15) is 13.3 Å². The van der Waals surface area contributed by atoms with Gasteiger partial charge in [-0.3, -0.25) is 0 Å².